The van der Waals surface area contributed by atoms with Crippen LogP contribution in [-0.4, -0.2) is 40.5 Å². The molecule has 5 nitrogen and oxygen atoms in total. The Bertz CT molecular complexity index is 509. The molecule has 106 valence electrons. The number of nitrogens with one attached hydrogen (secondary N) is 1. The number of aromatic nitrogens is 1. The molecular weight excluding hydrogens is 244 g/mol. The summed E-state index contributed by atoms with van der Waals surface area (Å²) in [4.78, 5) is 27.9. The van der Waals surface area contributed by atoms with E-state index in [9.17, 15) is 9.59 Å². The van der Waals surface area contributed by atoms with Gasteiger partial charge in [0.15, 0.2) is 0 Å². The number of hydrogen-bond acceptors (Lipinski definition) is 2. The van der Waals surface area contributed by atoms with Gasteiger partial charge in [0.25, 0.3) is 5.91 Å². The predicted molar refractivity (Wildman–Crippen MR) is 73.6 cm³/mol. The Morgan fingerprint density at radius 1 is 1.26 bits per heavy atom. The average molecular weight is 266 g/mol. The van der Waals surface area contributed by atoms with Crippen molar-refractivity contribution in [1.29, 1.82) is 0 Å². The Labute approximate surface area is 113 Å². The van der Waals surface area contributed by atoms with Crippen molar-refractivity contribution in [2.45, 2.75) is 34.6 Å². The molecule has 0 aliphatic rings. The van der Waals surface area contributed by atoms with Crippen LogP contribution in [0, 0.1) is 19.3 Å². The monoisotopic (exact) mass is 266 g/mol. The first-order valence-electron chi connectivity index (χ1n) is 6.22. The normalized spacial score (nSPS) is 11.5. The highest BCUT2D eigenvalue weighted by Gasteiger charge is 2.25. The predicted octanol–water partition coefficient (Wildman–Crippen LogP) is 2.45. The lowest BCUT2D eigenvalue weighted by molar-refractivity contribution is 0.0690. The maximum absolute atomic E-state index is 12.4. The molecule has 2 N–H and O–H groups in total. The highest BCUT2D eigenvalue weighted by molar-refractivity contribution is 6.00. The van der Waals surface area contributed by atoms with Gasteiger partial charge in [0.05, 0.1) is 5.56 Å². The lowest BCUT2D eigenvalue weighted by Gasteiger charge is -2.26. The second-order valence-electron chi connectivity index (χ2n) is 6.15. The maximum Gasteiger partial charge on any atom is 0.352 e. The second-order valence-corrected chi connectivity index (χ2v) is 6.15. The van der Waals surface area contributed by atoms with Crippen molar-refractivity contribution in [2.24, 2.45) is 5.41 Å². The Kier molecular flexibility index (Phi) is 4.08. The number of aryl methyl sites for hydroxylation is 1. The fraction of sp³-hybridized carbons (Fsp3) is 0.571. The molecule has 0 aliphatic heterocycles. The van der Waals surface area contributed by atoms with Crippen LogP contribution in [0.1, 0.15) is 52.9 Å². The van der Waals surface area contributed by atoms with E-state index in [2.05, 4.69) is 25.8 Å². The van der Waals surface area contributed by atoms with Gasteiger partial charge in [0, 0.05) is 19.3 Å². The highest BCUT2D eigenvalue weighted by atomic mass is 16.4. The number of carbonyl (C=O) groups is 2. The van der Waals surface area contributed by atoms with Crippen LogP contribution in [-0.2, 0) is 0 Å². The van der Waals surface area contributed by atoms with E-state index in [0.717, 1.165) is 0 Å². The summed E-state index contributed by atoms with van der Waals surface area (Å²) >= 11 is 0. The Hall–Kier alpha value is -1.78. The summed E-state index contributed by atoms with van der Waals surface area (Å²) < 4.78 is 0. The summed E-state index contributed by atoms with van der Waals surface area (Å²) in [6, 6.07) is 0. The molecule has 0 bridgehead atoms. The van der Waals surface area contributed by atoms with Gasteiger partial charge in [-0.3, -0.25) is 4.79 Å². The zero-order valence-electron chi connectivity index (χ0n) is 12.4. The lowest BCUT2D eigenvalue weighted by Crippen LogP contribution is -2.35. The van der Waals surface area contributed by atoms with Crippen LogP contribution in [0.25, 0.3) is 0 Å². The van der Waals surface area contributed by atoms with Crippen molar-refractivity contribution in [3.63, 3.8) is 0 Å². The third-order valence-corrected chi connectivity index (χ3v) is 2.92. The molecule has 0 atom stereocenters. The van der Waals surface area contributed by atoms with Crippen LogP contribution in [0.4, 0.5) is 0 Å². The Morgan fingerprint density at radius 3 is 2.16 bits per heavy atom. The number of amides is 1. The van der Waals surface area contributed by atoms with Crippen LogP contribution >= 0.6 is 0 Å². The lowest BCUT2D eigenvalue weighted by atomic mass is 9.96. The number of carboxylic acid groups (broad SMARTS) is 1. The molecule has 5 heteroatoms. The summed E-state index contributed by atoms with van der Waals surface area (Å²) in [5, 5.41) is 9.05. The third kappa shape index (κ3) is 3.36. The third-order valence-electron chi connectivity index (χ3n) is 2.92. The molecule has 19 heavy (non-hydrogen) atoms. The standard InChI is InChI=1S/C14H22N2O3/c1-8-10(9(2)15-11(8)13(18)19)12(17)16(6)7-14(3,4)5/h15H,7H2,1-6H3,(H,18,19). The molecular formula is C14H22N2O3. The number of nitrogens with zero attached hydrogens (tertiary/aromatic N) is 1. The first kappa shape index (κ1) is 15.3. The summed E-state index contributed by atoms with van der Waals surface area (Å²) in [6.07, 6.45) is 0. The van der Waals surface area contributed by atoms with E-state index in [1.807, 2.05) is 0 Å². The van der Waals surface area contributed by atoms with Crippen LogP contribution in [0.15, 0.2) is 0 Å². The maximum atomic E-state index is 12.4. The minimum absolute atomic E-state index is 0.00183. The van der Waals surface area contributed by atoms with Crippen molar-refractivity contribution in [3.8, 4) is 0 Å². The van der Waals surface area contributed by atoms with Crippen molar-refractivity contribution < 1.29 is 14.7 Å². The van der Waals surface area contributed by atoms with E-state index in [1.165, 1.54) is 0 Å². The number of carboxylic acids is 1. The molecule has 0 radical (unpaired) electrons. The molecule has 0 aromatic carbocycles. The molecule has 0 unspecified atom stereocenters. The summed E-state index contributed by atoms with van der Waals surface area (Å²) in [7, 11) is 1.74. The quantitative estimate of drug-likeness (QED) is 0.882. The van der Waals surface area contributed by atoms with Crippen molar-refractivity contribution in [2.75, 3.05) is 13.6 Å². The van der Waals surface area contributed by atoms with E-state index in [-0.39, 0.29) is 17.0 Å². The van der Waals surface area contributed by atoms with Gasteiger partial charge in [-0.15, -0.1) is 0 Å². The summed E-state index contributed by atoms with van der Waals surface area (Å²) in [5.74, 6) is -1.19. The van der Waals surface area contributed by atoms with E-state index in [1.54, 1.807) is 25.8 Å². The van der Waals surface area contributed by atoms with E-state index >= 15 is 0 Å². The fourth-order valence-electron chi connectivity index (χ4n) is 2.26. The van der Waals surface area contributed by atoms with Gasteiger partial charge in [0.1, 0.15) is 5.69 Å². The SMILES string of the molecule is Cc1[nH]c(C(=O)O)c(C)c1C(=O)N(C)CC(C)(C)C. The molecule has 1 heterocycles. The van der Waals surface area contributed by atoms with Crippen LogP contribution < -0.4 is 0 Å². The Balaban J connectivity index is 3.10. The first-order valence-corrected chi connectivity index (χ1v) is 6.22. The molecule has 0 aliphatic carbocycles. The zero-order valence-corrected chi connectivity index (χ0v) is 12.4. The molecule has 0 saturated heterocycles. The van der Waals surface area contributed by atoms with Gasteiger partial charge in [-0.1, -0.05) is 20.8 Å². The smallest absolute Gasteiger partial charge is 0.352 e. The Morgan fingerprint density at radius 2 is 1.79 bits per heavy atom. The van der Waals surface area contributed by atoms with E-state index in [0.29, 0.717) is 23.4 Å². The van der Waals surface area contributed by atoms with Crippen LogP contribution in [0.5, 0.6) is 0 Å². The average Bonchev–Trinajstić information content (AvgIpc) is 2.51. The number of carbonyl (C=O) groups excluding carboxylic acids is 1. The first-order chi connectivity index (χ1) is 8.54. The van der Waals surface area contributed by atoms with Gasteiger partial charge >= 0.3 is 5.97 Å². The van der Waals surface area contributed by atoms with Crippen molar-refractivity contribution in [3.05, 3.63) is 22.5 Å². The molecule has 1 amide bonds. The molecule has 0 fully saturated rings. The number of hydrogen-bond donors (Lipinski definition) is 2. The number of aromatic amines is 1. The minimum atomic E-state index is -1.04. The largest absolute Gasteiger partial charge is 0.477 e. The minimum Gasteiger partial charge on any atom is -0.477 e. The number of H-pyrrole nitrogens is 1. The van der Waals surface area contributed by atoms with Crippen LogP contribution in [0.3, 0.4) is 0 Å². The second kappa shape index (κ2) is 5.07. The molecule has 1 aromatic heterocycles. The summed E-state index contributed by atoms with van der Waals surface area (Å²) in [5.41, 5.74) is 1.64. The van der Waals surface area contributed by atoms with E-state index in [4.69, 9.17) is 5.11 Å². The van der Waals surface area contributed by atoms with Crippen molar-refractivity contribution in [1.82, 2.24) is 9.88 Å². The van der Waals surface area contributed by atoms with Gasteiger partial charge < -0.3 is 15.0 Å². The molecule has 0 spiro atoms. The molecule has 1 aromatic rings. The fourth-order valence-corrected chi connectivity index (χ4v) is 2.26. The van der Waals surface area contributed by atoms with Gasteiger partial charge in [0.2, 0.25) is 0 Å². The topological polar surface area (TPSA) is 73.4 Å². The zero-order chi connectivity index (χ0) is 15.0. The number of aromatic carboxylic acids is 1. The molecule has 1 rings (SSSR count). The van der Waals surface area contributed by atoms with Crippen LogP contribution in [0.2, 0.25) is 0 Å². The van der Waals surface area contributed by atoms with Gasteiger partial charge in [-0.05, 0) is 24.8 Å². The number of rotatable bonds is 3. The van der Waals surface area contributed by atoms with Gasteiger partial charge in [-0.2, -0.15) is 0 Å². The summed E-state index contributed by atoms with van der Waals surface area (Å²) in [6.45, 7) is 10.1. The van der Waals surface area contributed by atoms with E-state index < -0.39 is 5.97 Å². The van der Waals surface area contributed by atoms with Gasteiger partial charge in [-0.25, -0.2) is 4.79 Å². The molecule has 0 saturated carbocycles. The van der Waals surface area contributed by atoms with Crippen molar-refractivity contribution >= 4 is 11.9 Å². The highest BCUT2D eigenvalue weighted by Crippen LogP contribution is 2.21.